The number of anilines is 2. The van der Waals surface area contributed by atoms with E-state index in [1.165, 1.54) is 10.6 Å². The van der Waals surface area contributed by atoms with Crippen molar-refractivity contribution in [2.24, 2.45) is 0 Å². The van der Waals surface area contributed by atoms with E-state index in [1.54, 1.807) is 6.20 Å². The molecule has 0 unspecified atom stereocenters. The first-order chi connectivity index (χ1) is 12.6. The number of nitrogens with one attached hydrogen (secondary N) is 2. The summed E-state index contributed by atoms with van der Waals surface area (Å²) in [5, 5.41) is 6.56. The Balaban J connectivity index is 1.68. The molecule has 1 saturated heterocycles. The summed E-state index contributed by atoms with van der Waals surface area (Å²) < 4.78 is 29.0. The van der Waals surface area contributed by atoms with Crippen LogP contribution in [0.3, 0.4) is 0 Å². The van der Waals surface area contributed by atoms with Crippen molar-refractivity contribution in [1.29, 1.82) is 0 Å². The Bertz CT molecular complexity index is 943. The van der Waals surface area contributed by atoms with E-state index in [2.05, 4.69) is 15.5 Å². The van der Waals surface area contributed by atoms with Gasteiger partial charge in [0.15, 0.2) is 0 Å². The minimum absolute atomic E-state index is 0.447. The summed E-state index contributed by atoms with van der Waals surface area (Å²) >= 11 is 0. The first kappa shape index (κ1) is 16.5. The quantitative estimate of drug-likeness (QED) is 0.740. The number of carbonyl (C=O) groups excluding carboxylic acids is 1. The number of piperazine rings is 1. The number of nitrogens with zero attached hydrogens (tertiary/aromatic N) is 2. The summed E-state index contributed by atoms with van der Waals surface area (Å²) in [6.45, 7) is 3.59. The van der Waals surface area contributed by atoms with Gasteiger partial charge in [-0.3, -0.25) is 4.57 Å². The summed E-state index contributed by atoms with van der Waals surface area (Å²) in [6, 6.07) is 10.4. The highest BCUT2D eigenvalue weighted by atomic mass is 19.1. The van der Waals surface area contributed by atoms with Crippen LogP contribution in [0.2, 0.25) is 0 Å². The van der Waals surface area contributed by atoms with Crippen LogP contribution in [0.5, 0.6) is 0 Å². The topological polar surface area (TPSA) is 49.3 Å². The van der Waals surface area contributed by atoms with Crippen molar-refractivity contribution in [1.82, 2.24) is 9.88 Å². The van der Waals surface area contributed by atoms with Crippen LogP contribution in [0.1, 0.15) is 0 Å². The van der Waals surface area contributed by atoms with E-state index in [0.717, 1.165) is 49.4 Å². The zero-order valence-corrected chi connectivity index (χ0v) is 14.0. The van der Waals surface area contributed by atoms with E-state index in [-0.39, 0.29) is 0 Å². The van der Waals surface area contributed by atoms with Gasteiger partial charge in [0.1, 0.15) is 17.3 Å². The molecule has 3 aromatic rings. The Morgan fingerprint density at radius 3 is 2.42 bits per heavy atom. The Labute approximate surface area is 149 Å². The normalized spacial score (nSPS) is 14.6. The highest BCUT2D eigenvalue weighted by Gasteiger charge is 2.18. The van der Waals surface area contributed by atoms with Crippen LogP contribution in [-0.4, -0.2) is 36.8 Å². The molecular formula is C19H18F2N4O. The second-order valence-electron chi connectivity index (χ2n) is 6.16. The Morgan fingerprint density at radius 2 is 1.69 bits per heavy atom. The number of halogens is 2. The van der Waals surface area contributed by atoms with Gasteiger partial charge in [-0.1, -0.05) is 12.1 Å². The maximum atomic E-state index is 13.8. The van der Waals surface area contributed by atoms with Gasteiger partial charge in [-0.25, -0.2) is 13.6 Å². The number of hydrogen-bond acceptors (Lipinski definition) is 3. The van der Waals surface area contributed by atoms with Gasteiger partial charge < -0.3 is 15.5 Å². The number of benzene rings is 2. The maximum Gasteiger partial charge on any atom is 0.330 e. The fraction of sp³-hybridized carbons (Fsp3) is 0.211. The van der Waals surface area contributed by atoms with E-state index in [1.807, 2.05) is 24.3 Å². The first-order valence-electron chi connectivity index (χ1n) is 8.46. The smallest absolute Gasteiger partial charge is 0.330 e. The average Bonchev–Trinajstić information content (AvgIpc) is 3.10. The van der Waals surface area contributed by atoms with Crippen LogP contribution in [0.25, 0.3) is 10.9 Å². The summed E-state index contributed by atoms with van der Waals surface area (Å²) in [5.74, 6) is -1.62. The number of hydrogen-bond donors (Lipinski definition) is 2. The third-order valence-corrected chi connectivity index (χ3v) is 4.58. The fourth-order valence-corrected chi connectivity index (χ4v) is 3.29. The van der Waals surface area contributed by atoms with Crippen LogP contribution < -0.4 is 15.5 Å². The zero-order valence-electron chi connectivity index (χ0n) is 14.0. The first-order valence-corrected chi connectivity index (χ1v) is 8.46. The van der Waals surface area contributed by atoms with E-state index in [0.29, 0.717) is 5.52 Å². The van der Waals surface area contributed by atoms with Gasteiger partial charge in [-0.05, 0) is 30.3 Å². The minimum atomic E-state index is -0.809. The molecule has 1 aliphatic heterocycles. The van der Waals surface area contributed by atoms with Crippen molar-refractivity contribution in [3.05, 3.63) is 60.3 Å². The largest absolute Gasteiger partial charge is 0.368 e. The second kappa shape index (κ2) is 6.76. The molecule has 2 heterocycles. The van der Waals surface area contributed by atoms with Gasteiger partial charge in [0.25, 0.3) is 0 Å². The zero-order chi connectivity index (χ0) is 18.1. The predicted octanol–water partition coefficient (Wildman–Crippen LogP) is 3.41. The summed E-state index contributed by atoms with van der Waals surface area (Å²) in [7, 11) is 0. The third-order valence-electron chi connectivity index (χ3n) is 4.58. The Kier molecular flexibility index (Phi) is 4.30. The molecule has 134 valence electrons. The van der Waals surface area contributed by atoms with Crippen LogP contribution >= 0.6 is 0 Å². The molecule has 5 nitrogen and oxygen atoms in total. The molecule has 1 amide bonds. The third kappa shape index (κ3) is 2.90. The summed E-state index contributed by atoms with van der Waals surface area (Å²) in [5.41, 5.74) is 1.29. The van der Waals surface area contributed by atoms with E-state index < -0.39 is 23.4 Å². The van der Waals surface area contributed by atoms with Crippen LogP contribution in [0.4, 0.5) is 25.0 Å². The maximum absolute atomic E-state index is 13.8. The molecule has 0 aliphatic carbocycles. The molecule has 0 saturated carbocycles. The Morgan fingerprint density at radius 1 is 1.00 bits per heavy atom. The van der Waals surface area contributed by atoms with Crippen LogP contribution in [-0.2, 0) is 0 Å². The minimum Gasteiger partial charge on any atom is -0.368 e. The predicted molar refractivity (Wildman–Crippen MR) is 97.8 cm³/mol. The number of para-hydroxylation sites is 1. The van der Waals surface area contributed by atoms with Gasteiger partial charge in [0, 0.05) is 43.4 Å². The van der Waals surface area contributed by atoms with E-state index in [4.69, 9.17) is 0 Å². The molecule has 4 rings (SSSR count). The van der Waals surface area contributed by atoms with Crippen molar-refractivity contribution in [3.8, 4) is 0 Å². The van der Waals surface area contributed by atoms with Gasteiger partial charge >= 0.3 is 6.03 Å². The number of fused-ring (bicyclic) bond motifs is 1. The fourth-order valence-electron chi connectivity index (χ4n) is 3.29. The van der Waals surface area contributed by atoms with Gasteiger partial charge in [-0.15, -0.1) is 0 Å². The Hall–Kier alpha value is -2.93. The van der Waals surface area contributed by atoms with Crippen molar-refractivity contribution >= 4 is 28.3 Å². The lowest BCUT2D eigenvalue weighted by Gasteiger charge is -2.30. The number of amides is 1. The molecule has 26 heavy (non-hydrogen) atoms. The van der Waals surface area contributed by atoms with Crippen molar-refractivity contribution < 1.29 is 13.6 Å². The lowest BCUT2D eigenvalue weighted by atomic mass is 10.2. The van der Waals surface area contributed by atoms with Crippen molar-refractivity contribution in [2.75, 3.05) is 36.4 Å². The SMILES string of the molecule is O=C(Nc1c(F)cccc1F)n1ccc2c(N3CCNCC3)cccc21. The van der Waals surface area contributed by atoms with Crippen molar-refractivity contribution in [3.63, 3.8) is 0 Å². The molecule has 7 heteroatoms. The molecule has 0 radical (unpaired) electrons. The number of rotatable bonds is 2. The van der Waals surface area contributed by atoms with Crippen LogP contribution in [0.15, 0.2) is 48.7 Å². The lowest BCUT2D eigenvalue weighted by Crippen LogP contribution is -2.43. The highest BCUT2D eigenvalue weighted by molar-refractivity contribution is 6.02. The molecular weight excluding hydrogens is 338 g/mol. The highest BCUT2D eigenvalue weighted by Crippen LogP contribution is 2.28. The van der Waals surface area contributed by atoms with E-state index in [9.17, 15) is 13.6 Å². The van der Waals surface area contributed by atoms with E-state index >= 15 is 0 Å². The standard InChI is InChI=1S/C19H18F2N4O/c20-14-3-1-4-15(21)18(14)23-19(26)25-10-7-13-16(5-2-6-17(13)25)24-11-8-22-9-12-24/h1-7,10,22H,8-9,11-12H2,(H,23,26). The second-order valence-corrected chi connectivity index (χ2v) is 6.16. The number of carbonyl (C=O) groups is 1. The average molecular weight is 356 g/mol. The summed E-state index contributed by atoms with van der Waals surface area (Å²) in [6.07, 6.45) is 1.62. The monoisotopic (exact) mass is 356 g/mol. The summed E-state index contributed by atoms with van der Waals surface area (Å²) in [4.78, 5) is 14.8. The molecule has 1 aromatic heterocycles. The molecule has 1 fully saturated rings. The molecule has 0 atom stereocenters. The number of aromatic nitrogens is 1. The lowest BCUT2D eigenvalue weighted by molar-refractivity contribution is 0.254. The molecule has 2 N–H and O–H groups in total. The van der Waals surface area contributed by atoms with Crippen LogP contribution in [0, 0.1) is 11.6 Å². The van der Waals surface area contributed by atoms with Crippen molar-refractivity contribution in [2.45, 2.75) is 0 Å². The molecule has 0 spiro atoms. The van der Waals surface area contributed by atoms with Gasteiger partial charge in [0.2, 0.25) is 0 Å². The van der Waals surface area contributed by atoms with Gasteiger partial charge in [0.05, 0.1) is 5.52 Å². The molecule has 1 aliphatic rings. The molecule has 2 aromatic carbocycles. The van der Waals surface area contributed by atoms with Gasteiger partial charge in [-0.2, -0.15) is 0 Å². The molecule has 0 bridgehead atoms.